The van der Waals surface area contributed by atoms with Gasteiger partial charge in [-0.25, -0.2) is 14.8 Å². The van der Waals surface area contributed by atoms with E-state index in [4.69, 9.17) is 0 Å². The number of amides is 3. The van der Waals surface area contributed by atoms with Gasteiger partial charge in [0.2, 0.25) is 5.91 Å². The molecule has 11 heteroatoms. The number of rotatable bonds is 6. The van der Waals surface area contributed by atoms with Crippen molar-refractivity contribution in [2.24, 2.45) is 5.92 Å². The zero-order valence-electron chi connectivity index (χ0n) is 23.4. The van der Waals surface area contributed by atoms with Crippen molar-refractivity contribution in [2.45, 2.75) is 38.6 Å². The number of pyridine rings is 1. The fraction of sp³-hybridized carbons (Fsp3) is 0.433. The molecule has 3 amide bonds. The Kier molecular flexibility index (Phi) is 7.69. The zero-order chi connectivity index (χ0) is 28.3. The highest BCUT2D eigenvalue weighted by atomic mass is 16.2. The van der Waals surface area contributed by atoms with Crippen molar-refractivity contribution in [3.63, 3.8) is 0 Å². The average Bonchev–Trinajstić information content (AvgIpc) is 3.34. The third-order valence-electron chi connectivity index (χ3n) is 8.28. The van der Waals surface area contributed by atoms with Crippen LogP contribution in [0.1, 0.15) is 32.1 Å². The largest absolute Gasteiger partial charge is 0.339 e. The maximum atomic E-state index is 13.3. The SMILES string of the molecule is CN1CCN(C(=O)Cn2cc(-c3nc4ccc(NC(=O)NCC5CCCCC5)cc4[nH]c3=O)c3cccnc32)CC1. The summed E-state index contributed by atoms with van der Waals surface area (Å²) >= 11 is 0. The smallest absolute Gasteiger partial charge is 0.319 e. The molecule has 11 nitrogen and oxygen atoms in total. The summed E-state index contributed by atoms with van der Waals surface area (Å²) in [5.74, 6) is 0.562. The number of fused-ring (bicyclic) bond motifs is 2. The Morgan fingerprint density at radius 3 is 2.68 bits per heavy atom. The van der Waals surface area contributed by atoms with Gasteiger partial charge in [-0.2, -0.15) is 0 Å². The molecule has 0 spiro atoms. The van der Waals surface area contributed by atoms with E-state index in [9.17, 15) is 14.4 Å². The summed E-state index contributed by atoms with van der Waals surface area (Å²) in [5.41, 5.74) is 2.84. The predicted molar refractivity (Wildman–Crippen MR) is 159 cm³/mol. The molecule has 3 aromatic heterocycles. The molecule has 0 atom stereocenters. The Morgan fingerprint density at radius 1 is 1.07 bits per heavy atom. The quantitative estimate of drug-likeness (QED) is 0.334. The van der Waals surface area contributed by atoms with Gasteiger partial charge in [-0.3, -0.25) is 9.59 Å². The van der Waals surface area contributed by atoms with E-state index in [-0.39, 0.29) is 29.7 Å². The van der Waals surface area contributed by atoms with Gasteiger partial charge in [-0.1, -0.05) is 19.3 Å². The lowest BCUT2D eigenvalue weighted by Gasteiger charge is -2.32. The summed E-state index contributed by atoms with van der Waals surface area (Å²) < 4.78 is 1.80. The molecule has 0 bridgehead atoms. The summed E-state index contributed by atoms with van der Waals surface area (Å²) in [6, 6.07) is 8.71. The van der Waals surface area contributed by atoms with E-state index in [1.165, 1.54) is 19.3 Å². The van der Waals surface area contributed by atoms with Crippen LogP contribution in [0.4, 0.5) is 10.5 Å². The molecule has 0 radical (unpaired) electrons. The van der Waals surface area contributed by atoms with Crippen LogP contribution in [0.2, 0.25) is 0 Å². The minimum atomic E-state index is -0.357. The van der Waals surface area contributed by atoms with Crippen molar-refractivity contribution in [2.75, 3.05) is 45.1 Å². The lowest BCUT2D eigenvalue weighted by molar-refractivity contribution is -0.133. The van der Waals surface area contributed by atoms with Crippen LogP contribution in [0.25, 0.3) is 33.3 Å². The van der Waals surface area contributed by atoms with E-state index in [1.807, 2.05) is 17.0 Å². The Bertz CT molecular complexity index is 1630. The number of carbonyl (C=O) groups is 2. The van der Waals surface area contributed by atoms with Crippen molar-refractivity contribution in [3.05, 3.63) is 53.1 Å². The first-order valence-electron chi connectivity index (χ1n) is 14.4. The number of carbonyl (C=O) groups excluding carboxylic acids is 2. The number of piperazine rings is 1. The first-order chi connectivity index (χ1) is 19.9. The molecule has 0 unspecified atom stereocenters. The van der Waals surface area contributed by atoms with Gasteiger partial charge in [0.15, 0.2) is 0 Å². The lowest BCUT2D eigenvalue weighted by Crippen LogP contribution is -2.48. The molecule has 1 aromatic carbocycles. The fourth-order valence-electron chi connectivity index (χ4n) is 5.88. The molecule has 6 rings (SSSR count). The summed E-state index contributed by atoms with van der Waals surface area (Å²) in [6.07, 6.45) is 9.53. The Morgan fingerprint density at radius 2 is 1.88 bits per heavy atom. The van der Waals surface area contributed by atoms with Crippen LogP contribution >= 0.6 is 0 Å². The number of nitrogens with zero attached hydrogens (tertiary/aromatic N) is 5. The van der Waals surface area contributed by atoms with Gasteiger partial charge in [-0.05, 0) is 56.1 Å². The number of hydrogen-bond acceptors (Lipinski definition) is 6. The van der Waals surface area contributed by atoms with Gasteiger partial charge < -0.3 is 30.0 Å². The van der Waals surface area contributed by atoms with Crippen LogP contribution in [0.5, 0.6) is 0 Å². The first kappa shape index (κ1) is 26.9. The number of benzene rings is 1. The van der Waals surface area contributed by atoms with Crippen molar-refractivity contribution in [1.82, 2.24) is 34.6 Å². The molecule has 214 valence electrons. The molecule has 3 N–H and O–H groups in total. The molecule has 4 aromatic rings. The van der Waals surface area contributed by atoms with Gasteiger partial charge in [0.25, 0.3) is 5.56 Å². The number of hydrogen-bond donors (Lipinski definition) is 3. The molecular weight excluding hydrogens is 520 g/mol. The van der Waals surface area contributed by atoms with E-state index in [2.05, 4.69) is 37.5 Å². The Hall–Kier alpha value is -4.25. The normalized spacial score (nSPS) is 16.8. The minimum Gasteiger partial charge on any atom is -0.339 e. The maximum absolute atomic E-state index is 13.3. The molecule has 1 aliphatic carbocycles. The van der Waals surface area contributed by atoms with Crippen molar-refractivity contribution in [1.29, 1.82) is 0 Å². The van der Waals surface area contributed by atoms with Crippen LogP contribution in [0.15, 0.2) is 47.5 Å². The summed E-state index contributed by atoms with van der Waals surface area (Å²) in [6.45, 7) is 3.89. The van der Waals surface area contributed by atoms with Gasteiger partial charge in [0, 0.05) is 61.8 Å². The van der Waals surface area contributed by atoms with Crippen LogP contribution in [-0.4, -0.2) is 81.0 Å². The number of urea groups is 1. The van der Waals surface area contributed by atoms with Gasteiger partial charge in [0.05, 0.1) is 11.0 Å². The van der Waals surface area contributed by atoms with Crippen LogP contribution < -0.4 is 16.2 Å². The summed E-state index contributed by atoms with van der Waals surface area (Å²) in [7, 11) is 2.05. The molecule has 4 heterocycles. The molecule has 1 saturated carbocycles. The third kappa shape index (κ3) is 5.95. The second kappa shape index (κ2) is 11.7. The van der Waals surface area contributed by atoms with E-state index in [1.54, 1.807) is 35.2 Å². The van der Waals surface area contributed by atoms with E-state index in [0.29, 0.717) is 53.5 Å². The Labute approximate surface area is 237 Å². The molecule has 2 fully saturated rings. The molecule has 41 heavy (non-hydrogen) atoms. The second-order valence-corrected chi connectivity index (χ2v) is 11.2. The summed E-state index contributed by atoms with van der Waals surface area (Å²) in [5, 5.41) is 6.59. The number of aromatic nitrogens is 4. The molecule has 1 aliphatic heterocycles. The predicted octanol–water partition coefficient (Wildman–Crippen LogP) is 3.42. The number of likely N-dealkylation sites (N-methyl/N-ethyl adjacent to an activating group) is 1. The highest BCUT2D eigenvalue weighted by Crippen LogP contribution is 2.28. The van der Waals surface area contributed by atoms with Crippen LogP contribution in [0, 0.1) is 5.92 Å². The van der Waals surface area contributed by atoms with E-state index >= 15 is 0 Å². The van der Waals surface area contributed by atoms with Crippen molar-refractivity contribution in [3.8, 4) is 11.3 Å². The highest BCUT2D eigenvalue weighted by molar-refractivity contribution is 5.95. The third-order valence-corrected chi connectivity index (χ3v) is 8.28. The fourth-order valence-corrected chi connectivity index (χ4v) is 5.88. The molecule has 2 aliphatic rings. The minimum absolute atomic E-state index is 0.0235. The number of H-pyrrole nitrogens is 1. The molecule has 1 saturated heterocycles. The second-order valence-electron chi connectivity index (χ2n) is 11.2. The number of anilines is 1. The first-order valence-corrected chi connectivity index (χ1v) is 14.4. The van der Waals surface area contributed by atoms with Crippen molar-refractivity contribution < 1.29 is 9.59 Å². The monoisotopic (exact) mass is 556 g/mol. The maximum Gasteiger partial charge on any atom is 0.319 e. The summed E-state index contributed by atoms with van der Waals surface area (Å²) in [4.78, 5) is 55.0. The Balaban J connectivity index is 1.22. The van der Waals surface area contributed by atoms with Gasteiger partial charge >= 0.3 is 6.03 Å². The molecular formula is C30H36N8O3. The number of nitrogens with one attached hydrogen (secondary N) is 3. The average molecular weight is 557 g/mol. The number of aromatic amines is 1. The van der Waals surface area contributed by atoms with Crippen LogP contribution in [-0.2, 0) is 11.3 Å². The van der Waals surface area contributed by atoms with Crippen LogP contribution in [0.3, 0.4) is 0 Å². The zero-order valence-corrected chi connectivity index (χ0v) is 23.4. The van der Waals surface area contributed by atoms with Gasteiger partial charge in [0.1, 0.15) is 17.9 Å². The van der Waals surface area contributed by atoms with Gasteiger partial charge in [-0.15, -0.1) is 0 Å². The van der Waals surface area contributed by atoms with E-state index < -0.39 is 0 Å². The standard InChI is InChI=1S/C30H36N8O3/c1-36-12-14-37(15-13-36)26(39)19-38-18-23(22-8-5-11-31-28(22)38)27-29(40)35-25-16-21(9-10-24(25)34-27)33-30(41)32-17-20-6-3-2-4-7-20/h5,8-11,16,18,20H,2-4,6-7,12-15,17,19H2,1H3,(H,35,40)(H2,32,33,41). The van der Waals surface area contributed by atoms with Crippen molar-refractivity contribution >= 4 is 39.7 Å². The lowest BCUT2D eigenvalue weighted by atomic mass is 9.89. The topological polar surface area (TPSA) is 128 Å². The highest BCUT2D eigenvalue weighted by Gasteiger charge is 2.22. The van der Waals surface area contributed by atoms with E-state index in [0.717, 1.165) is 31.3 Å².